The second kappa shape index (κ2) is 13.1. The van der Waals surface area contributed by atoms with Crippen molar-refractivity contribution >= 4 is 35.9 Å². The number of aromatic nitrogens is 2. The first kappa shape index (κ1) is 26.7. The van der Waals surface area contributed by atoms with Gasteiger partial charge in [-0.3, -0.25) is 4.99 Å². The Balaban J connectivity index is 0.00000450. The Morgan fingerprint density at radius 3 is 2.60 bits per heavy atom. The number of halogens is 4. The van der Waals surface area contributed by atoms with E-state index in [1.807, 2.05) is 6.92 Å². The van der Waals surface area contributed by atoms with Gasteiger partial charge < -0.3 is 20.7 Å². The number of aliphatic imine (C=N–C) groups is 1. The molecule has 0 radical (unpaired) electrons. The molecule has 1 heterocycles. The minimum absolute atomic E-state index is 0. The van der Waals surface area contributed by atoms with Crippen molar-refractivity contribution in [3.63, 3.8) is 0 Å². The van der Waals surface area contributed by atoms with E-state index in [0.717, 1.165) is 51.2 Å². The van der Waals surface area contributed by atoms with Crippen LogP contribution >= 0.6 is 24.0 Å². The van der Waals surface area contributed by atoms with Gasteiger partial charge >= 0.3 is 6.18 Å². The third kappa shape index (κ3) is 8.78. The molecule has 1 fully saturated rings. The number of anilines is 1. The first-order chi connectivity index (χ1) is 13.9. The van der Waals surface area contributed by atoms with Crippen molar-refractivity contribution in [1.82, 2.24) is 20.6 Å². The van der Waals surface area contributed by atoms with Crippen LogP contribution < -0.4 is 16.0 Å². The first-order valence-corrected chi connectivity index (χ1v) is 10.0. The molecule has 3 N–H and O–H groups in total. The fourth-order valence-corrected chi connectivity index (χ4v) is 3.48. The number of guanidine groups is 1. The third-order valence-corrected chi connectivity index (χ3v) is 5.06. The van der Waals surface area contributed by atoms with Gasteiger partial charge in [-0.05, 0) is 37.7 Å². The highest BCUT2D eigenvalue weighted by Crippen LogP contribution is 2.41. The number of hydrogen-bond donors (Lipinski definition) is 3. The predicted octanol–water partition coefficient (Wildman–Crippen LogP) is 3.68. The molecular formula is C19H32F3IN6O. The van der Waals surface area contributed by atoms with Crippen LogP contribution in [0.4, 0.5) is 19.1 Å². The van der Waals surface area contributed by atoms with Crippen molar-refractivity contribution in [1.29, 1.82) is 0 Å². The van der Waals surface area contributed by atoms with E-state index < -0.39 is 11.9 Å². The second-order valence-electron chi connectivity index (χ2n) is 7.26. The summed E-state index contributed by atoms with van der Waals surface area (Å²) in [4.78, 5) is 12.1. The molecule has 0 aliphatic heterocycles. The zero-order valence-corrected chi connectivity index (χ0v) is 19.8. The number of hydrogen-bond acceptors (Lipinski definition) is 5. The van der Waals surface area contributed by atoms with Crippen LogP contribution in [0.5, 0.6) is 0 Å². The van der Waals surface area contributed by atoms with Crippen LogP contribution in [0.25, 0.3) is 0 Å². The highest BCUT2D eigenvalue weighted by Gasteiger charge is 2.33. The highest BCUT2D eigenvalue weighted by molar-refractivity contribution is 14.0. The van der Waals surface area contributed by atoms with E-state index >= 15 is 0 Å². The number of nitrogens with zero attached hydrogens (tertiary/aromatic N) is 3. The molecule has 0 amide bonds. The molecule has 7 nitrogen and oxygen atoms in total. The van der Waals surface area contributed by atoms with E-state index in [4.69, 9.17) is 9.73 Å². The van der Waals surface area contributed by atoms with E-state index in [0.29, 0.717) is 19.0 Å². The second-order valence-corrected chi connectivity index (χ2v) is 7.26. The standard InChI is InChI=1S/C19H31F3N6O.HI/c1-3-23-16(27-14-18(9-13-29-2)7-4-5-8-18)25-11-12-26-17-24-10-6-15(28-17)19(20,21)22;/h6,10H,3-5,7-9,11-14H2,1-2H3,(H2,23,25,27)(H,24,26,28);1H. The summed E-state index contributed by atoms with van der Waals surface area (Å²) in [6.45, 7) is 5.01. The van der Waals surface area contributed by atoms with Gasteiger partial charge in [0, 0.05) is 46.1 Å². The molecule has 1 aliphatic rings. The average Bonchev–Trinajstić information content (AvgIpc) is 3.16. The smallest absolute Gasteiger partial charge is 0.385 e. The Hall–Kier alpha value is -1.37. The monoisotopic (exact) mass is 544 g/mol. The maximum Gasteiger partial charge on any atom is 0.433 e. The summed E-state index contributed by atoms with van der Waals surface area (Å²) in [5, 5.41) is 9.21. The van der Waals surface area contributed by atoms with Gasteiger partial charge in [-0.1, -0.05) is 12.8 Å². The summed E-state index contributed by atoms with van der Waals surface area (Å²) in [5.74, 6) is 0.649. The van der Waals surface area contributed by atoms with Gasteiger partial charge in [0.2, 0.25) is 5.95 Å². The SMILES string of the molecule is CCNC(=NCC1(CCOC)CCCC1)NCCNc1nccc(C(F)(F)F)n1.I. The lowest BCUT2D eigenvalue weighted by Crippen LogP contribution is -2.40. The molecule has 0 aromatic carbocycles. The van der Waals surface area contributed by atoms with Crippen molar-refractivity contribution in [2.24, 2.45) is 10.4 Å². The Kier molecular flexibility index (Phi) is 11.7. The molecule has 30 heavy (non-hydrogen) atoms. The predicted molar refractivity (Wildman–Crippen MR) is 122 cm³/mol. The van der Waals surface area contributed by atoms with Gasteiger partial charge in [0.25, 0.3) is 0 Å². The minimum atomic E-state index is -4.48. The average molecular weight is 544 g/mol. The van der Waals surface area contributed by atoms with Crippen LogP contribution in [-0.4, -0.2) is 55.8 Å². The largest absolute Gasteiger partial charge is 0.433 e. The van der Waals surface area contributed by atoms with Crippen LogP contribution in [-0.2, 0) is 10.9 Å². The lowest BCUT2D eigenvalue weighted by Gasteiger charge is -2.27. The van der Waals surface area contributed by atoms with Crippen LogP contribution in [0, 0.1) is 5.41 Å². The van der Waals surface area contributed by atoms with E-state index in [2.05, 4.69) is 25.9 Å². The number of methoxy groups -OCH3 is 1. The Labute approximate surface area is 193 Å². The van der Waals surface area contributed by atoms with E-state index in [9.17, 15) is 13.2 Å². The van der Waals surface area contributed by atoms with Crippen molar-refractivity contribution in [2.75, 3.05) is 45.2 Å². The zero-order chi connectivity index (χ0) is 21.2. The summed E-state index contributed by atoms with van der Waals surface area (Å²) < 4.78 is 43.4. The van der Waals surface area contributed by atoms with Gasteiger partial charge in [0.1, 0.15) is 5.69 Å². The maximum atomic E-state index is 12.7. The van der Waals surface area contributed by atoms with Crippen molar-refractivity contribution in [2.45, 2.75) is 45.2 Å². The molecule has 2 rings (SSSR count). The van der Waals surface area contributed by atoms with Crippen LogP contribution in [0.2, 0.25) is 0 Å². The minimum Gasteiger partial charge on any atom is -0.385 e. The molecule has 0 atom stereocenters. The molecule has 0 spiro atoms. The Bertz CT molecular complexity index is 653. The van der Waals surface area contributed by atoms with Gasteiger partial charge in [0.05, 0.1) is 0 Å². The highest BCUT2D eigenvalue weighted by atomic mass is 127. The number of ether oxygens (including phenoxy) is 1. The summed E-state index contributed by atoms with van der Waals surface area (Å²) in [7, 11) is 1.72. The molecular weight excluding hydrogens is 512 g/mol. The summed E-state index contributed by atoms with van der Waals surface area (Å²) in [6, 6.07) is 0.849. The fraction of sp³-hybridized carbons (Fsp3) is 0.737. The molecule has 11 heteroatoms. The molecule has 0 saturated heterocycles. The Morgan fingerprint density at radius 2 is 1.97 bits per heavy atom. The van der Waals surface area contributed by atoms with Crippen LogP contribution in [0.15, 0.2) is 17.3 Å². The Morgan fingerprint density at radius 1 is 1.23 bits per heavy atom. The zero-order valence-electron chi connectivity index (χ0n) is 17.5. The molecule has 0 bridgehead atoms. The normalized spacial score (nSPS) is 16.1. The molecule has 172 valence electrons. The maximum absolute atomic E-state index is 12.7. The number of alkyl halides is 3. The van der Waals surface area contributed by atoms with Crippen LogP contribution in [0.3, 0.4) is 0 Å². The lowest BCUT2D eigenvalue weighted by molar-refractivity contribution is -0.141. The van der Waals surface area contributed by atoms with Gasteiger partial charge in [-0.25, -0.2) is 9.97 Å². The van der Waals surface area contributed by atoms with Crippen molar-refractivity contribution in [3.8, 4) is 0 Å². The molecule has 1 aliphatic carbocycles. The lowest BCUT2D eigenvalue weighted by atomic mass is 9.83. The topological polar surface area (TPSA) is 83.5 Å². The first-order valence-electron chi connectivity index (χ1n) is 10.0. The number of nitrogens with one attached hydrogen (secondary N) is 3. The summed E-state index contributed by atoms with van der Waals surface area (Å²) in [5.41, 5.74) is -0.765. The van der Waals surface area contributed by atoms with Crippen LogP contribution in [0.1, 0.15) is 44.7 Å². The van der Waals surface area contributed by atoms with Crippen molar-refractivity contribution < 1.29 is 17.9 Å². The van der Waals surface area contributed by atoms with Crippen molar-refractivity contribution in [3.05, 3.63) is 18.0 Å². The summed E-state index contributed by atoms with van der Waals surface area (Å²) in [6.07, 6.45) is 2.39. The molecule has 1 aromatic heterocycles. The molecule has 1 aromatic rings. The van der Waals surface area contributed by atoms with E-state index in [1.165, 1.54) is 12.8 Å². The molecule has 1 saturated carbocycles. The third-order valence-electron chi connectivity index (χ3n) is 5.06. The number of rotatable bonds is 10. The van der Waals surface area contributed by atoms with E-state index in [1.54, 1.807) is 7.11 Å². The van der Waals surface area contributed by atoms with E-state index in [-0.39, 0.29) is 35.3 Å². The molecule has 0 unspecified atom stereocenters. The summed E-state index contributed by atoms with van der Waals surface area (Å²) >= 11 is 0. The quantitative estimate of drug-likeness (QED) is 0.181. The van der Waals surface area contributed by atoms with Gasteiger partial charge in [0.15, 0.2) is 5.96 Å². The fourth-order valence-electron chi connectivity index (χ4n) is 3.48. The van der Waals surface area contributed by atoms with Gasteiger partial charge in [-0.15, -0.1) is 24.0 Å². The van der Waals surface area contributed by atoms with Gasteiger partial charge in [-0.2, -0.15) is 13.2 Å².